The molecule has 0 aliphatic heterocycles. The highest BCUT2D eigenvalue weighted by molar-refractivity contribution is 5.78. The maximum absolute atomic E-state index is 10.7. The fourth-order valence-electron chi connectivity index (χ4n) is 0.627. The Labute approximate surface area is 75.8 Å². The molecule has 1 atom stereocenters. The number of rotatable bonds is 5. The van der Waals surface area contributed by atoms with Gasteiger partial charge in [-0.15, -0.1) is 6.42 Å². The number of amides is 1. The average molecular weight is 185 g/mol. The lowest BCUT2D eigenvalue weighted by Gasteiger charge is -2.05. The topological polar surface area (TPSA) is 86.6 Å². The molecule has 0 rings (SSSR count). The van der Waals surface area contributed by atoms with E-state index in [9.17, 15) is 9.59 Å². The molecule has 1 unspecified atom stereocenters. The van der Waals surface area contributed by atoms with Gasteiger partial charge in [-0.2, -0.15) is 0 Å². The Bertz CT molecular complexity index is 231. The Balaban J connectivity index is 3.51. The van der Waals surface area contributed by atoms with Crippen LogP contribution >= 0.6 is 0 Å². The summed E-state index contributed by atoms with van der Waals surface area (Å²) in [6, 6.07) is 0. The maximum Gasteiger partial charge on any atom is 0.332 e. The lowest BCUT2D eigenvalue weighted by molar-refractivity contribution is -0.147. The van der Waals surface area contributed by atoms with Crippen molar-refractivity contribution in [1.82, 2.24) is 5.32 Å². The summed E-state index contributed by atoms with van der Waals surface area (Å²) < 4.78 is 0. The summed E-state index contributed by atoms with van der Waals surface area (Å²) in [5.41, 5.74) is 0. The van der Waals surface area contributed by atoms with Gasteiger partial charge in [0.2, 0.25) is 5.91 Å². The highest BCUT2D eigenvalue weighted by Gasteiger charge is 2.12. The molecule has 0 aromatic rings. The van der Waals surface area contributed by atoms with Crippen molar-refractivity contribution in [2.45, 2.75) is 18.9 Å². The predicted molar refractivity (Wildman–Crippen MR) is 44.7 cm³/mol. The molecular weight excluding hydrogens is 174 g/mol. The van der Waals surface area contributed by atoms with Crippen molar-refractivity contribution in [3.05, 3.63) is 0 Å². The van der Waals surface area contributed by atoms with Crippen LogP contribution in [0.1, 0.15) is 12.8 Å². The van der Waals surface area contributed by atoms with Gasteiger partial charge in [-0.1, -0.05) is 5.92 Å². The SMILES string of the molecule is C#CCC(=O)NCCC(O)C(=O)O. The molecule has 1 amide bonds. The molecule has 0 heterocycles. The van der Waals surface area contributed by atoms with E-state index in [0.29, 0.717) is 0 Å². The number of terminal acetylenes is 1. The Hall–Kier alpha value is -1.54. The predicted octanol–water partition coefficient (Wildman–Crippen LogP) is -1.04. The minimum absolute atomic E-state index is 0.0222. The monoisotopic (exact) mass is 185 g/mol. The van der Waals surface area contributed by atoms with E-state index in [4.69, 9.17) is 16.6 Å². The molecule has 5 heteroatoms. The van der Waals surface area contributed by atoms with Crippen molar-refractivity contribution in [3.8, 4) is 12.3 Å². The second-order valence-electron chi connectivity index (χ2n) is 2.37. The Morgan fingerprint density at radius 3 is 2.62 bits per heavy atom. The first-order chi connectivity index (χ1) is 6.07. The molecule has 0 aromatic carbocycles. The standard InChI is InChI=1S/C8H11NO4/c1-2-3-7(11)9-5-4-6(10)8(12)13/h1,6,10H,3-5H2,(H,9,11)(H,12,13). The average Bonchev–Trinajstić information content (AvgIpc) is 2.04. The molecule has 0 fully saturated rings. The summed E-state index contributed by atoms with van der Waals surface area (Å²) in [6.07, 6.45) is 3.36. The van der Waals surface area contributed by atoms with Crippen molar-refractivity contribution in [2.75, 3.05) is 6.54 Å². The number of hydrogen-bond donors (Lipinski definition) is 3. The summed E-state index contributed by atoms with van der Waals surface area (Å²) in [5.74, 6) is 0.491. The van der Waals surface area contributed by atoms with Gasteiger partial charge in [0.15, 0.2) is 6.10 Å². The maximum atomic E-state index is 10.7. The smallest absolute Gasteiger partial charge is 0.332 e. The third-order valence-electron chi connectivity index (χ3n) is 1.29. The van der Waals surface area contributed by atoms with Crippen molar-refractivity contribution in [1.29, 1.82) is 0 Å². The van der Waals surface area contributed by atoms with Crippen molar-refractivity contribution >= 4 is 11.9 Å². The molecule has 0 aliphatic carbocycles. The number of aliphatic hydroxyl groups is 1. The van der Waals surface area contributed by atoms with Crippen molar-refractivity contribution < 1.29 is 19.8 Å². The lowest BCUT2D eigenvalue weighted by atomic mass is 10.2. The molecule has 72 valence electrons. The van der Waals surface area contributed by atoms with E-state index in [1.165, 1.54) is 0 Å². The summed E-state index contributed by atoms with van der Waals surface area (Å²) in [5, 5.41) is 19.4. The molecule has 0 aromatic heterocycles. The second-order valence-corrected chi connectivity index (χ2v) is 2.37. The summed E-state index contributed by atoms with van der Waals surface area (Å²) in [4.78, 5) is 20.8. The fraction of sp³-hybridized carbons (Fsp3) is 0.500. The molecule has 0 spiro atoms. The minimum atomic E-state index is -1.44. The summed E-state index contributed by atoms with van der Waals surface area (Å²) in [6.45, 7) is 0.105. The molecule has 0 bridgehead atoms. The normalized spacial score (nSPS) is 11.4. The van der Waals surface area contributed by atoms with E-state index in [-0.39, 0.29) is 25.3 Å². The number of nitrogens with one attached hydrogen (secondary N) is 1. The Morgan fingerprint density at radius 2 is 2.15 bits per heavy atom. The van der Waals surface area contributed by atoms with Gasteiger partial charge in [-0.25, -0.2) is 4.79 Å². The van der Waals surface area contributed by atoms with Gasteiger partial charge < -0.3 is 15.5 Å². The van der Waals surface area contributed by atoms with Crippen molar-refractivity contribution in [2.24, 2.45) is 0 Å². The zero-order valence-electron chi connectivity index (χ0n) is 6.99. The van der Waals surface area contributed by atoms with Crippen LogP contribution in [-0.2, 0) is 9.59 Å². The third kappa shape index (κ3) is 5.70. The zero-order chi connectivity index (χ0) is 10.3. The van der Waals surface area contributed by atoms with Crippen LogP contribution in [0.3, 0.4) is 0 Å². The van der Waals surface area contributed by atoms with E-state index in [1.807, 2.05) is 0 Å². The molecule has 5 nitrogen and oxygen atoms in total. The van der Waals surface area contributed by atoms with Crippen LogP contribution in [0.4, 0.5) is 0 Å². The first-order valence-corrected chi connectivity index (χ1v) is 3.69. The first kappa shape index (κ1) is 11.5. The largest absolute Gasteiger partial charge is 0.479 e. The zero-order valence-corrected chi connectivity index (χ0v) is 6.99. The van der Waals surface area contributed by atoms with Gasteiger partial charge in [-0.05, 0) is 0 Å². The van der Waals surface area contributed by atoms with Crippen LogP contribution in [0, 0.1) is 12.3 Å². The number of hydrogen-bond acceptors (Lipinski definition) is 3. The molecule has 0 radical (unpaired) electrons. The van der Waals surface area contributed by atoms with Crippen LogP contribution in [-0.4, -0.2) is 34.7 Å². The minimum Gasteiger partial charge on any atom is -0.479 e. The van der Waals surface area contributed by atoms with E-state index >= 15 is 0 Å². The quantitative estimate of drug-likeness (QED) is 0.477. The number of carbonyl (C=O) groups is 2. The van der Waals surface area contributed by atoms with Gasteiger partial charge in [0, 0.05) is 13.0 Å². The highest BCUT2D eigenvalue weighted by atomic mass is 16.4. The Kier molecular flexibility index (Phi) is 5.32. The molecular formula is C8H11NO4. The van der Waals surface area contributed by atoms with Gasteiger partial charge in [-0.3, -0.25) is 4.79 Å². The second kappa shape index (κ2) is 6.03. The van der Waals surface area contributed by atoms with Gasteiger partial charge in [0.05, 0.1) is 6.42 Å². The number of carboxylic acid groups (broad SMARTS) is 1. The molecule has 0 aliphatic rings. The van der Waals surface area contributed by atoms with Crippen LogP contribution in [0.2, 0.25) is 0 Å². The first-order valence-electron chi connectivity index (χ1n) is 3.69. The van der Waals surface area contributed by atoms with Crippen LogP contribution in [0.5, 0.6) is 0 Å². The van der Waals surface area contributed by atoms with Gasteiger partial charge in [0.25, 0.3) is 0 Å². The lowest BCUT2D eigenvalue weighted by Crippen LogP contribution is -2.29. The van der Waals surface area contributed by atoms with Gasteiger partial charge >= 0.3 is 5.97 Å². The molecule has 3 N–H and O–H groups in total. The molecule has 13 heavy (non-hydrogen) atoms. The van der Waals surface area contributed by atoms with Crippen LogP contribution in [0.25, 0.3) is 0 Å². The van der Waals surface area contributed by atoms with Crippen LogP contribution < -0.4 is 5.32 Å². The van der Waals surface area contributed by atoms with E-state index < -0.39 is 12.1 Å². The Morgan fingerprint density at radius 1 is 1.54 bits per heavy atom. The third-order valence-corrected chi connectivity index (χ3v) is 1.29. The molecule has 0 saturated carbocycles. The summed E-state index contributed by atoms with van der Waals surface area (Å²) in [7, 11) is 0. The van der Waals surface area contributed by atoms with Crippen LogP contribution in [0.15, 0.2) is 0 Å². The number of aliphatic carboxylic acids is 1. The van der Waals surface area contributed by atoms with Crippen molar-refractivity contribution in [3.63, 3.8) is 0 Å². The summed E-state index contributed by atoms with van der Waals surface area (Å²) >= 11 is 0. The highest BCUT2D eigenvalue weighted by Crippen LogP contribution is 1.89. The number of aliphatic hydroxyl groups excluding tert-OH is 1. The van der Waals surface area contributed by atoms with E-state index in [2.05, 4.69) is 11.2 Å². The van der Waals surface area contributed by atoms with E-state index in [0.717, 1.165) is 0 Å². The molecule has 0 saturated heterocycles. The number of carboxylic acids is 1. The van der Waals surface area contributed by atoms with E-state index in [1.54, 1.807) is 0 Å². The number of carbonyl (C=O) groups excluding carboxylic acids is 1. The fourth-order valence-corrected chi connectivity index (χ4v) is 0.627. The van der Waals surface area contributed by atoms with Gasteiger partial charge in [0.1, 0.15) is 0 Å².